The summed E-state index contributed by atoms with van der Waals surface area (Å²) >= 11 is 0. The van der Waals surface area contributed by atoms with Gasteiger partial charge in [0.2, 0.25) is 5.91 Å². The molecule has 0 spiro atoms. The third kappa shape index (κ3) is 3.41. The highest BCUT2D eigenvalue weighted by molar-refractivity contribution is 5.93. The number of aromatic nitrogens is 1. The molecule has 2 atom stereocenters. The maximum atomic E-state index is 12.8. The first-order valence-electron chi connectivity index (χ1n) is 10.7. The molecule has 2 bridgehead atoms. The largest absolute Gasteiger partial charge is 0.497 e. The number of carbonyl (C=O) groups excluding carboxylic acids is 2. The molecule has 2 unspecified atom stereocenters. The smallest absolute Gasteiger partial charge is 0.274 e. The Labute approximate surface area is 185 Å². The van der Waals surface area contributed by atoms with Gasteiger partial charge in [0.1, 0.15) is 5.75 Å². The number of ether oxygens (including phenoxy) is 1. The number of hydrogen-bond donors (Lipinski definition) is 2. The van der Waals surface area contributed by atoms with Crippen LogP contribution < -0.4 is 10.2 Å². The van der Waals surface area contributed by atoms with E-state index in [1.807, 2.05) is 30.1 Å². The Balaban J connectivity index is 1.60. The average molecular weight is 434 g/mol. The number of hydroxylamine groups is 1. The SMILES string of the molecule is COc1ccc2c(c1)c1c(n2Cc2ccc(C(=O)NO)cc2)CN2CC(C1)C(=O)N(C)C2. The van der Waals surface area contributed by atoms with Crippen LogP contribution in [0.4, 0.5) is 0 Å². The lowest BCUT2D eigenvalue weighted by Crippen LogP contribution is -2.50. The van der Waals surface area contributed by atoms with Gasteiger partial charge in [-0.25, -0.2) is 5.48 Å². The topological polar surface area (TPSA) is 87.0 Å². The number of hydrogen-bond acceptors (Lipinski definition) is 5. The monoisotopic (exact) mass is 434 g/mol. The number of fused-ring (bicyclic) bond motifs is 5. The second-order valence-electron chi connectivity index (χ2n) is 8.62. The quantitative estimate of drug-likeness (QED) is 0.486. The summed E-state index contributed by atoms with van der Waals surface area (Å²) in [6.07, 6.45) is 0.710. The molecule has 1 aromatic heterocycles. The maximum absolute atomic E-state index is 12.8. The van der Waals surface area contributed by atoms with Crippen molar-refractivity contribution in [3.05, 3.63) is 64.8 Å². The van der Waals surface area contributed by atoms with Crippen molar-refractivity contribution in [2.75, 3.05) is 27.4 Å². The molecule has 0 aliphatic carbocycles. The fraction of sp³-hybridized carbons (Fsp3) is 0.333. The molecule has 0 saturated carbocycles. The van der Waals surface area contributed by atoms with Crippen LogP contribution in [0, 0.1) is 5.92 Å². The highest BCUT2D eigenvalue weighted by Crippen LogP contribution is 2.36. The molecule has 1 saturated heterocycles. The number of benzene rings is 2. The van der Waals surface area contributed by atoms with Crippen LogP contribution in [0.5, 0.6) is 5.75 Å². The second kappa shape index (κ2) is 7.96. The lowest BCUT2D eigenvalue weighted by atomic mass is 9.96. The molecule has 8 nitrogen and oxygen atoms in total. The molecule has 2 aliphatic heterocycles. The summed E-state index contributed by atoms with van der Waals surface area (Å²) in [6.45, 7) is 2.81. The van der Waals surface area contributed by atoms with Crippen molar-refractivity contribution in [1.82, 2.24) is 19.8 Å². The van der Waals surface area contributed by atoms with E-state index in [1.165, 1.54) is 11.3 Å². The molecule has 1 fully saturated rings. The van der Waals surface area contributed by atoms with E-state index in [9.17, 15) is 9.59 Å². The summed E-state index contributed by atoms with van der Waals surface area (Å²) in [5, 5.41) is 9.98. The van der Waals surface area contributed by atoms with Crippen LogP contribution in [-0.4, -0.2) is 58.8 Å². The summed E-state index contributed by atoms with van der Waals surface area (Å²) in [6, 6.07) is 13.3. The van der Waals surface area contributed by atoms with E-state index in [2.05, 4.69) is 21.6 Å². The van der Waals surface area contributed by atoms with Crippen LogP contribution in [-0.2, 0) is 24.3 Å². The molecule has 3 heterocycles. The van der Waals surface area contributed by atoms with Crippen molar-refractivity contribution in [2.24, 2.45) is 5.92 Å². The zero-order valence-corrected chi connectivity index (χ0v) is 18.2. The van der Waals surface area contributed by atoms with Gasteiger partial charge in [-0.05, 0) is 47.9 Å². The summed E-state index contributed by atoms with van der Waals surface area (Å²) in [7, 11) is 3.54. The van der Waals surface area contributed by atoms with Crippen LogP contribution in [0.1, 0.15) is 27.2 Å². The lowest BCUT2D eigenvalue weighted by Gasteiger charge is -2.36. The van der Waals surface area contributed by atoms with E-state index in [4.69, 9.17) is 9.94 Å². The third-order valence-electron chi connectivity index (χ3n) is 6.59. The first-order valence-corrected chi connectivity index (χ1v) is 10.7. The van der Waals surface area contributed by atoms with E-state index in [-0.39, 0.29) is 11.8 Å². The minimum atomic E-state index is -0.530. The predicted molar refractivity (Wildman–Crippen MR) is 119 cm³/mol. The number of carbonyl (C=O) groups is 2. The Morgan fingerprint density at radius 3 is 2.72 bits per heavy atom. The van der Waals surface area contributed by atoms with Crippen LogP contribution in [0.2, 0.25) is 0 Å². The standard InChI is InChI=1S/C24H26N4O4/c1-26-14-27-12-17(24(26)30)9-19-20-10-18(32-2)7-8-21(20)28(22(19)13-27)11-15-3-5-16(6-4-15)23(29)25-31/h3-8,10,17,31H,9,11-14H2,1-2H3,(H,25,29). The van der Waals surface area contributed by atoms with Crippen molar-refractivity contribution in [3.63, 3.8) is 0 Å². The number of nitrogens with zero attached hydrogens (tertiary/aromatic N) is 3. The summed E-state index contributed by atoms with van der Waals surface area (Å²) < 4.78 is 7.81. The Morgan fingerprint density at radius 2 is 2.00 bits per heavy atom. The molecule has 2 aliphatic rings. The van der Waals surface area contributed by atoms with Gasteiger partial charge in [0.05, 0.1) is 19.7 Å². The summed E-state index contributed by atoms with van der Waals surface area (Å²) in [4.78, 5) is 28.6. The van der Waals surface area contributed by atoms with Gasteiger partial charge in [0.15, 0.2) is 0 Å². The zero-order chi connectivity index (χ0) is 22.4. The van der Waals surface area contributed by atoms with Gasteiger partial charge in [-0.2, -0.15) is 0 Å². The van der Waals surface area contributed by atoms with Crippen molar-refractivity contribution in [2.45, 2.75) is 19.5 Å². The van der Waals surface area contributed by atoms with Gasteiger partial charge in [-0.1, -0.05) is 12.1 Å². The molecule has 8 heteroatoms. The molecule has 3 aromatic rings. The molecule has 166 valence electrons. The summed E-state index contributed by atoms with van der Waals surface area (Å²) in [5.41, 5.74) is 6.65. The van der Waals surface area contributed by atoms with Gasteiger partial charge in [0.25, 0.3) is 5.91 Å². The average Bonchev–Trinajstić information content (AvgIpc) is 2.97. The first kappa shape index (κ1) is 20.5. The van der Waals surface area contributed by atoms with Gasteiger partial charge in [-0.15, -0.1) is 0 Å². The van der Waals surface area contributed by atoms with Gasteiger partial charge in [-0.3, -0.25) is 19.7 Å². The van der Waals surface area contributed by atoms with Crippen molar-refractivity contribution >= 4 is 22.7 Å². The molecular weight excluding hydrogens is 408 g/mol. The minimum absolute atomic E-state index is 0.0449. The summed E-state index contributed by atoms with van der Waals surface area (Å²) in [5.74, 6) is 0.428. The van der Waals surface area contributed by atoms with Crippen LogP contribution in [0.15, 0.2) is 42.5 Å². The van der Waals surface area contributed by atoms with E-state index in [0.29, 0.717) is 25.2 Å². The number of methoxy groups -OCH3 is 1. The fourth-order valence-corrected chi connectivity index (χ4v) is 5.03. The third-order valence-corrected chi connectivity index (χ3v) is 6.59. The number of amides is 2. The van der Waals surface area contributed by atoms with Crippen molar-refractivity contribution < 1.29 is 19.5 Å². The highest BCUT2D eigenvalue weighted by atomic mass is 16.5. The molecule has 2 amide bonds. The van der Waals surface area contributed by atoms with Crippen LogP contribution in [0.25, 0.3) is 10.9 Å². The first-order chi connectivity index (χ1) is 15.5. The molecule has 5 rings (SSSR count). The fourth-order valence-electron chi connectivity index (χ4n) is 5.03. The minimum Gasteiger partial charge on any atom is -0.497 e. The van der Waals surface area contributed by atoms with Gasteiger partial charge in [0, 0.05) is 48.8 Å². The zero-order valence-electron chi connectivity index (χ0n) is 18.2. The Bertz CT molecular complexity index is 1200. The highest BCUT2D eigenvalue weighted by Gasteiger charge is 2.36. The normalized spacial score (nSPS) is 20.1. The van der Waals surface area contributed by atoms with E-state index in [1.54, 1.807) is 24.7 Å². The second-order valence-corrected chi connectivity index (χ2v) is 8.62. The van der Waals surface area contributed by atoms with E-state index in [0.717, 1.165) is 35.3 Å². The number of rotatable bonds is 4. The van der Waals surface area contributed by atoms with Crippen LogP contribution in [0.3, 0.4) is 0 Å². The van der Waals surface area contributed by atoms with Crippen molar-refractivity contribution in [1.29, 1.82) is 0 Å². The van der Waals surface area contributed by atoms with E-state index < -0.39 is 5.91 Å². The predicted octanol–water partition coefficient (Wildman–Crippen LogP) is 2.22. The molecule has 0 radical (unpaired) electrons. The molecule has 2 aromatic carbocycles. The Morgan fingerprint density at radius 1 is 1.22 bits per heavy atom. The molecular formula is C24H26N4O4. The Hall–Kier alpha value is -3.36. The molecule has 2 N–H and O–H groups in total. The van der Waals surface area contributed by atoms with Gasteiger partial charge < -0.3 is 14.2 Å². The molecule has 32 heavy (non-hydrogen) atoms. The van der Waals surface area contributed by atoms with Crippen LogP contribution >= 0.6 is 0 Å². The van der Waals surface area contributed by atoms with Gasteiger partial charge >= 0.3 is 0 Å². The lowest BCUT2D eigenvalue weighted by molar-refractivity contribution is -0.141. The maximum Gasteiger partial charge on any atom is 0.274 e. The van der Waals surface area contributed by atoms with Crippen molar-refractivity contribution in [3.8, 4) is 5.75 Å². The Kier molecular flexibility index (Phi) is 5.11. The number of nitrogens with one attached hydrogen (secondary N) is 1. The van der Waals surface area contributed by atoms with E-state index >= 15 is 0 Å².